The molecule has 2 aromatic rings. The quantitative estimate of drug-likeness (QED) is 0.621. The maximum absolute atomic E-state index is 13.2. The maximum Gasteiger partial charge on any atom is 0.325 e. The minimum atomic E-state index is -1.65. The molecule has 0 spiro atoms. The van der Waals surface area contributed by atoms with Gasteiger partial charge in [-0.2, -0.15) is 0 Å². The maximum atomic E-state index is 13.2. The number of carbonyl (C=O) groups excluding carboxylic acids is 3. The Morgan fingerprint density at radius 2 is 1.70 bits per heavy atom. The van der Waals surface area contributed by atoms with Crippen molar-refractivity contribution >= 4 is 23.5 Å². The first kappa shape index (κ1) is 18.4. The average Bonchev–Trinajstić information content (AvgIpc) is 2.88. The van der Waals surface area contributed by atoms with E-state index in [-0.39, 0.29) is 12.2 Å². The summed E-state index contributed by atoms with van der Waals surface area (Å²) < 4.78 is 39.3. The van der Waals surface area contributed by atoms with E-state index in [1.807, 2.05) is 0 Å². The molecule has 6 nitrogen and oxygen atoms in total. The van der Waals surface area contributed by atoms with Crippen molar-refractivity contribution in [3.8, 4) is 0 Å². The zero-order valence-corrected chi connectivity index (χ0v) is 13.8. The molecule has 0 saturated carbocycles. The lowest BCUT2D eigenvalue weighted by Gasteiger charge is -2.13. The molecule has 1 saturated heterocycles. The van der Waals surface area contributed by atoms with Crippen molar-refractivity contribution < 1.29 is 27.6 Å². The normalized spacial score (nSPS) is 16.4. The zero-order chi connectivity index (χ0) is 19.6. The number of nitrogens with zero attached hydrogens (tertiary/aromatic N) is 1. The first-order chi connectivity index (χ1) is 12.8. The molecular weight excluding hydrogens is 363 g/mol. The summed E-state index contributed by atoms with van der Waals surface area (Å²) >= 11 is 0. The number of hydrogen-bond donors (Lipinski definition) is 2. The lowest BCUT2D eigenvalue weighted by Crippen LogP contribution is -2.34. The Labute approximate surface area is 152 Å². The second-order valence-corrected chi connectivity index (χ2v) is 5.92. The number of anilines is 1. The van der Waals surface area contributed by atoms with Gasteiger partial charge in [0.25, 0.3) is 5.91 Å². The molecule has 3 rings (SSSR count). The number of halogens is 3. The van der Waals surface area contributed by atoms with E-state index in [1.54, 1.807) is 30.3 Å². The number of urea groups is 1. The van der Waals surface area contributed by atoms with Gasteiger partial charge < -0.3 is 10.6 Å². The van der Waals surface area contributed by atoms with Gasteiger partial charge in [-0.05, 0) is 5.56 Å². The van der Waals surface area contributed by atoms with Gasteiger partial charge in [0.1, 0.15) is 6.04 Å². The molecule has 0 aromatic heterocycles. The highest BCUT2D eigenvalue weighted by molar-refractivity contribution is 6.06. The third-order valence-electron chi connectivity index (χ3n) is 3.95. The molecule has 0 bridgehead atoms. The van der Waals surface area contributed by atoms with Gasteiger partial charge in [0.15, 0.2) is 17.5 Å². The van der Waals surface area contributed by atoms with E-state index < -0.39 is 47.8 Å². The molecule has 1 aliphatic rings. The summed E-state index contributed by atoms with van der Waals surface area (Å²) in [6, 6.07) is 8.32. The number of nitrogens with one attached hydrogen (secondary N) is 2. The van der Waals surface area contributed by atoms with Crippen LogP contribution in [0.3, 0.4) is 0 Å². The van der Waals surface area contributed by atoms with Crippen molar-refractivity contribution in [2.24, 2.45) is 0 Å². The minimum Gasteiger partial charge on any atom is -0.326 e. The molecule has 1 fully saturated rings. The molecule has 4 amide bonds. The fraction of sp³-hybridized carbons (Fsp3) is 0.167. The zero-order valence-electron chi connectivity index (χ0n) is 13.8. The van der Waals surface area contributed by atoms with E-state index >= 15 is 0 Å². The topological polar surface area (TPSA) is 78.5 Å². The fourth-order valence-corrected chi connectivity index (χ4v) is 2.66. The molecule has 0 aliphatic carbocycles. The molecule has 9 heteroatoms. The summed E-state index contributed by atoms with van der Waals surface area (Å²) in [6.07, 6.45) is -0.434. The Bertz CT molecular complexity index is 882. The van der Waals surface area contributed by atoms with Crippen LogP contribution in [-0.2, 0) is 16.1 Å². The molecule has 2 aromatic carbocycles. The minimum absolute atomic E-state index is 0.0536. The van der Waals surface area contributed by atoms with Crippen molar-refractivity contribution in [1.82, 2.24) is 10.2 Å². The number of imide groups is 1. The van der Waals surface area contributed by atoms with Crippen molar-refractivity contribution in [3.05, 3.63) is 65.5 Å². The van der Waals surface area contributed by atoms with Crippen LogP contribution in [0, 0.1) is 17.5 Å². The summed E-state index contributed by atoms with van der Waals surface area (Å²) in [6.45, 7) is 0.0536. The average molecular weight is 377 g/mol. The van der Waals surface area contributed by atoms with Crippen LogP contribution in [-0.4, -0.2) is 28.8 Å². The van der Waals surface area contributed by atoms with Gasteiger partial charge >= 0.3 is 6.03 Å². The monoisotopic (exact) mass is 377 g/mol. The van der Waals surface area contributed by atoms with Crippen LogP contribution in [0.25, 0.3) is 0 Å². The van der Waals surface area contributed by atoms with Crippen molar-refractivity contribution in [1.29, 1.82) is 0 Å². The fourth-order valence-electron chi connectivity index (χ4n) is 2.66. The Morgan fingerprint density at radius 1 is 1.07 bits per heavy atom. The van der Waals surface area contributed by atoms with Crippen LogP contribution in [0.5, 0.6) is 0 Å². The standard InChI is InChI=1S/C18H14F3N3O3/c19-12-6-11(7-13(20)16(12)21)22-15(25)8-14-17(26)24(18(27)23-14)9-10-4-2-1-3-5-10/h1-7,14H,8-9H2,(H,22,25)(H,23,27)/t14-/m1/s1. The molecule has 2 N–H and O–H groups in total. The molecule has 0 unspecified atom stereocenters. The van der Waals surface area contributed by atoms with Crippen LogP contribution in [0.15, 0.2) is 42.5 Å². The van der Waals surface area contributed by atoms with E-state index in [0.29, 0.717) is 12.1 Å². The van der Waals surface area contributed by atoms with E-state index in [2.05, 4.69) is 10.6 Å². The van der Waals surface area contributed by atoms with Crippen molar-refractivity contribution in [3.63, 3.8) is 0 Å². The van der Waals surface area contributed by atoms with E-state index in [0.717, 1.165) is 10.5 Å². The smallest absolute Gasteiger partial charge is 0.325 e. The Hall–Kier alpha value is -3.36. The molecule has 140 valence electrons. The molecule has 1 aliphatic heterocycles. The molecular formula is C18H14F3N3O3. The van der Waals surface area contributed by atoms with Gasteiger partial charge in [0.05, 0.1) is 13.0 Å². The second kappa shape index (κ2) is 7.48. The number of hydrogen-bond acceptors (Lipinski definition) is 3. The highest BCUT2D eigenvalue weighted by Crippen LogP contribution is 2.19. The summed E-state index contributed by atoms with van der Waals surface area (Å²) in [5.74, 6) is -5.91. The summed E-state index contributed by atoms with van der Waals surface area (Å²) in [7, 11) is 0. The number of carbonyl (C=O) groups is 3. The van der Waals surface area contributed by atoms with Gasteiger partial charge in [-0.3, -0.25) is 14.5 Å². The Balaban J connectivity index is 1.63. The van der Waals surface area contributed by atoms with Crippen LogP contribution < -0.4 is 10.6 Å². The Morgan fingerprint density at radius 3 is 2.33 bits per heavy atom. The van der Waals surface area contributed by atoms with Crippen LogP contribution in [0.4, 0.5) is 23.7 Å². The van der Waals surface area contributed by atoms with Crippen LogP contribution in [0.2, 0.25) is 0 Å². The second-order valence-electron chi connectivity index (χ2n) is 5.92. The number of rotatable bonds is 5. The van der Waals surface area contributed by atoms with Gasteiger partial charge in [0, 0.05) is 17.8 Å². The molecule has 27 heavy (non-hydrogen) atoms. The van der Waals surface area contributed by atoms with Gasteiger partial charge in [-0.1, -0.05) is 30.3 Å². The van der Waals surface area contributed by atoms with E-state index in [9.17, 15) is 27.6 Å². The first-order valence-corrected chi connectivity index (χ1v) is 7.95. The molecule has 1 atom stereocenters. The highest BCUT2D eigenvalue weighted by atomic mass is 19.2. The first-order valence-electron chi connectivity index (χ1n) is 7.95. The largest absolute Gasteiger partial charge is 0.326 e. The predicted octanol–water partition coefficient (Wildman–Crippen LogP) is 2.55. The van der Waals surface area contributed by atoms with Gasteiger partial charge in [-0.25, -0.2) is 18.0 Å². The third kappa shape index (κ3) is 4.08. The Kier molecular flexibility index (Phi) is 5.11. The number of amides is 4. The van der Waals surface area contributed by atoms with Crippen molar-refractivity contribution in [2.45, 2.75) is 19.0 Å². The van der Waals surface area contributed by atoms with E-state index in [1.165, 1.54) is 0 Å². The highest BCUT2D eigenvalue weighted by Gasteiger charge is 2.39. The van der Waals surface area contributed by atoms with Crippen molar-refractivity contribution in [2.75, 3.05) is 5.32 Å². The number of benzene rings is 2. The third-order valence-corrected chi connectivity index (χ3v) is 3.95. The summed E-state index contributed by atoms with van der Waals surface area (Å²) in [4.78, 5) is 37.3. The SMILES string of the molecule is O=C(C[C@H]1NC(=O)N(Cc2ccccc2)C1=O)Nc1cc(F)c(F)c(F)c1. The van der Waals surface area contributed by atoms with Gasteiger partial charge in [0.2, 0.25) is 5.91 Å². The van der Waals surface area contributed by atoms with Crippen LogP contribution in [0.1, 0.15) is 12.0 Å². The lowest BCUT2D eigenvalue weighted by molar-refractivity contribution is -0.130. The van der Waals surface area contributed by atoms with Gasteiger partial charge in [-0.15, -0.1) is 0 Å². The predicted molar refractivity (Wildman–Crippen MR) is 88.9 cm³/mol. The molecule has 1 heterocycles. The summed E-state index contributed by atoms with van der Waals surface area (Å²) in [5.41, 5.74) is 0.442. The summed E-state index contributed by atoms with van der Waals surface area (Å²) in [5, 5.41) is 4.56. The molecule has 0 radical (unpaired) electrons. The lowest BCUT2D eigenvalue weighted by atomic mass is 10.1. The van der Waals surface area contributed by atoms with E-state index in [4.69, 9.17) is 0 Å². The van der Waals surface area contributed by atoms with Crippen LogP contribution >= 0.6 is 0 Å².